The fourth-order valence-electron chi connectivity index (χ4n) is 0.935. The summed E-state index contributed by atoms with van der Waals surface area (Å²) >= 11 is 0. The van der Waals surface area contributed by atoms with E-state index in [-0.39, 0.29) is 12.3 Å². The zero-order valence-electron chi connectivity index (χ0n) is 6.36. The molecule has 1 atom stereocenters. The van der Waals surface area contributed by atoms with Crippen molar-refractivity contribution >= 4 is 11.9 Å². The molecule has 0 aromatic carbocycles. The van der Waals surface area contributed by atoms with E-state index in [4.69, 9.17) is 21.0 Å². The molecule has 1 aromatic rings. The largest absolute Gasteiger partial charge is 0.481 e. The summed E-state index contributed by atoms with van der Waals surface area (Å²) in [5.74, 6) is -0.771. The van der Waals surface area contributed by atoms with E-state index in [2.05, 4.69) is 0 Å². The van der Waals surface area contributed by atoms with Crippen LogP contribution in [0.3, 0.4) is 0 Å². The van der Waals surface area contributed by atoms with Gasteiger partial charge in [0.1, 0.15) is 0 Å². The molecule has 0 aliphatic heterocycles. The molecule has 66 valence electrons. The first kappa shape index (κ1) is 8.61. The summed E-state index contributed by atoms with van der Waals surface area (Å²) in [7, 11) is 0. The standard InChI is InChI=1S/C7H10N2O3/c8-5(3-6(10)11)4-1-2-12-7(4)9/h1-2,5H,3,8-9H2,(H,10,11). The lowest BCUT2D eigenvalue weighted by atomic mass is 10.1. The number of furan rings is 1. The van der Waals surface area contributed by atoms with Gasteiger partial charge in [0.05, 0.1) is 12.7 Å². The predicted octanol–water partition coefficient (Wildman–Crippen LogP) is 0.336. The van der Waals surface area contributed by atoms with Gasteiger partial charge in [-0.25, -0.2) is 0 Å². The van der Waals surface area contributed by atoms with Gasteiger partial charge in [-0.3, -0.25) is 4.79 Å². The van der Waals surface area contributed by atoms with Gasteiger partial charge in [0, 0.05) is 11.6 Å². The van der Waals surface area contributed by atoms with E-state index < -0.39 is 12.0 Å². The van der Waals surface area contributed by atoms with Crippen molar-refractivity contribution in [2.24, 2.45) is 5.73 Å². The van der Waals surface area contributed by atoms with Gasteiger partial charge in [0.25, 0.3) is 0 Å². The Morgan fingerprint density at radius 2 is 2.42 bits per heavy atom. The van der Waals surface area contributed by atoms with Crippen LogP contribution >= 0.6 is 0 Å². The number of rotatable bonds is 3. The fourth-order valence-corrected chi connectivity index (χ4v) is 0.935. The number of nitrogens with two attached hydrogens (primary N) is 2. The third-order valence-corrected chi connectivity index (χ3v) is 1.52. The van der Waals surface area contributed by atoms with E-state index in [0.717, 1.165) is 0 Å². The Kier molecular flexibility index (Phi) is 2.35. The molecule has 5 heteroatoms. The van der Waals surface area contributed by atoms with Gasteiger partial charge >= 0.3 is 5.97 Å². The Hall–Kier alpha value is -1.49. The first-order valence-electron chi connectivity index (χ1n) is 3.41. The predicted molar refractivity (Wildman–Crippen MR) is 42.3 cm³/mol. The minimum atomic E-state index is -0.955. The van der Waals surface area contributed by atoms with Crippen LogP contribution in [0.25, 0.3) is 0 Å². The maximum absolute atomic E-state index is 10.3. The minimum absolute atomic E-state index is 0.149. The van der Waals surface area contributed by atoms with Gasteiger partial charge in [0.15, 0.2) is 5.88 Å². The van der Waals surface area contributed by atoms with Crippen LogP contribution in [0.1, 0.15) is 18.0 Å². The zero-order chi connectivity index (χ0) is 9.14. The molecule has 0 fully saturated rings. The molecule has 1 heterocycles. The van der Waals surface area contributed by atoms with Crippen LogP contribution in [0.4, 0.5) is 5.88 Å². The summed E-state index contributed by atoms with van der Waals surface area (Å²) in [4.78, 5) is 10.3. The van der Waals surface area contributed by atoms with Crippen molar-refractivity contribution in [3.05, 3.63) is 17.9 Å². The summed E-state index contributed by atoms with van der Waals surface area (Å²) in [6.07, 6.45) is 1.23. The molecule has 1 unspecified atom stereocenters. The lowest BCUT2D eigenvalue weighted by molar-refractivity contribution is -0.137. The van der Waals surface area contributed by atoms with Crippen molar-refractivity contribution in [1.29, 1.82) is 0 Å². The second kappa shape index (κ2) is 3.27. The lowest BCUT2D eigenvalue weighted by Crippen LogP contribution is -2.15. The van der Waals surface area contributed by atoms with Crippen LogP contribution in [0.5, 0.6) is 0 Å². The topological polar surface area (TPSA) is 102 Å². The average molecular weight is 170 g/mol. The molecule has 5 N–H and O–H groups in total. The highest BCUT2D eigenvalue weighted by molar-refractivity contribution is 5.68. The molecule has 12 heavy (non-hydrogen) atoms. The number of carbonyl (C=O) groups is 1. The molecule has 1 rings (SSSR count). The molecule has 1 aromatic heterocycles. The lowest BCUT2D eigenvalue weighted by Gasteiger charge is -2.05. The molecule has 0 spiro atoms. The van der Waals surface area contributed by atoms with Crippen LogP contribution in [-0.2, 0) is 4.79 Å². The van der Waals surface area contributed by atoms with E-state index in [9.17, 15) is 4.79 Å². The van der Waals surface area contributed by atoms with Gasteiger partial charge in [-0.15, -0.1) is 0 Å². The normalized spacial score (nSPS) is 12.8. The van der Waals surface area contributed by atoms with Gasteiger partial charge in [-0.1, -0.05) is 0 Å². The molecule has 0 saturated heterocycles. The Morgan fingerprint density at radius 3 is 2.83 bits per heavy atom. The first-order chi connectivity index (χ1) is 5.61. The molecule has 5 nitrogen and oxygen atoms in total. The van der Waals surface area contributed by atoms with Crippen molar-refractivity contribution in [2.75, 3.05) is 5.73 Å². The summed E-state index contributed by atoms with van der Waals surface area (Å²) in [6, 6.07) is 0.976. The van der Waals surface area contributed by atoms with Crippen LogP contribution in [0.2, 0.25) is 0 Å². The third-order valence-electron chi connectivity index (χ3n) is 1.52. The van der Waals surface area contributed by atoms with Crippen molar-refractivity contribution in [3.8, 4) is 0 Å². The Labute approximate surface area is 69.0 Å². The van der Waals surface area contributed by atoms with Gasteiger partial charge in [0.2, 0.25) is 0 Å². The van der Waals surface area contributed by atoms with Crippen LogP contribution in [-0.4, -0.2) is 11.1 Å². The number of aliphatic carboxylic acids is 1. The second-order valence-corrected chi connectivity index (χ2v) is 2.44. The average Bonchev–Trinajstić information content (AvgIpc) is 2.33. The number of carboxylic acid groups (broad SMARTS) is 1. The number of nitrogen functional groups attached to an aromatic ring is 1. The van der Waals surface area contributed by atoms with Crippen LogP contribution < -0.4 is 11.5 Å². The maximum atomic E-state index is 10.3. The summed E-state index contributed by atoms with van der Waals surface area (Å²) < 4.78 is 4.77. The van der Waals surface area contributed by atoms with Gasteiger partial charge in [-0.05, 0) is 6.07 Å². The smallest absolute Gasteiger partial charge is 0.305 e. The number of hydrogen-bond donors (Lipinski definition) is 3. The SMILES string of the molecule is Nc1occc1C(N)CC(=O)O. The summed E-state index contributed by atoms with van der Waals surface area (Å²) in [6.45, 7) is 0. The highest BCUT2D eigenvalue weighted by atomic mass is 16.4. The molecule has 0 bridgehead atoms. The molecular formula is C7H10N2O3. The van der Waals surface area contributed by atoms with Crippen molar-refractivity contribution in [1.82, 2.24) is 0 Å². The van der Waals surface area contributed by atoms with Crippen LogP contribution in [0, 0.1) is 0 Å². The van der Waals surface area contributed by atoms with Gasteiger partial charge < -0.3 is 21.0 Å². The third kappa shape index (κ3) is 1.76. The van der Waals surface area contributed by atoms with E-state index in [0.29, 0.717) is 5.56 Å². The zero-order valence-corrected chi connectivity index (χ0v) is 6.36. The van der Waals surface area contributed by atoms with E-state index in [1.54, 1.807) is 6.07 Å². The minimum Gasteiger partial charge on any atom is -0.481 e. The first-order valence-corrected chi connectivity index (χ1v) is 3.41. The quantitative estimate of drug-likeness (QED) is 0.606. The van der Waals surface area contributed by atoms with Crippen molar-refractivity contribution in [2.45, 2.75) is 12.5 Å². The van der Waals surface area contributed by atoms with Crippen LogP contribution in [0.15, 0.2) is 16.7 Å². The Bertz CT molecular complexity index is 282. The van der Waals surface area contributed by atoms with E-state index >= 15 is 0 Å². The summed E-state index contributed by atoms with van der Waals surface area (Å²) in [5, 5.41) is 8.42. The van der Waals surface area contributed by atoms with E-state index in [1.807, 2.05) is 0 Å². The fraction of sp³-hybridized carbons (Fsp3) is 0.286. The molecule has 0 saturated carbocycles. The molecule has 0 amide bonds. The molecule has 0 aliphatic rings. The Balaban J connectivity index is 2.71. The molecular weight excluding hydrogens is 160 g/mol. The monoisotopic (exact) mass is 170 g/mol. The molecule has 0 aliphatic carbocycles. The highest BCUT2D eigenvalue weighted by Gasteiger charge is 2.14. The number of hydrogen-bond acceptors (Lipinski definition) is 4. The Morgan fingerprint density at radius 1 is 1.75 bits per heavy atom. The van der Waals surface area contributed by atoms with Crippen molar-refractivity contribution < 1.29 is 14.3 Å². The highest BCUT2D eigenvalue weighted by Crippen LogP contribution is 2.21. The second-order valence-electron chi connectivity index (χ2n) is 2.44. The van der Waals surface area contributed by atoms with Gasteiger partial charge in [-0.2, -0.15) is 0 Å². The number of carboxylic acids is 1. The molecule has 0 radical (unpaired) electrons. The summed E-state index contributed by atoms with van der Waals surface area (Å²) in [5.41, 5.74) is 11.4. The van der Waals surface area contributed by atoms with E-state index in [1.165, 1.54) is 6.26 Å². The number of anilines is 1. The maximum Gasteiger partial charge on any atom is 0.305 e. The van der Waals surface area contributed by atoms with Crippen molar-refractivity contribution in [3.63, 3.8) is 0 Å².